The van der Waals surface area contributed by atoms with Crippen molar-refractivity contribution in [1.82, 2.24) is 4.98 Å². The van der Waals surface area contributed by atoms with Crippen LogP contribution < -0.4 is 4.90 Å². The number of aromatic nitrogens is 1. The Morgan fingerprint density at radius 1 is 1.31 bits per heavy atom. The highest BCUT2D eigenvalue weighted by molar-refractivity contribution is 6.33. The predicted molar refractivity (Wildman–Crippen MR) is 66.9 cm³/mol. The fourth-order valence-corrected chi connectivity index (χ4v) is 1.95. The van der Waals surface area contributed by atoms with Crippen LogP contribution in [0.15, 0.2) is 12.3 Å². The molecule has 0 aliphatic carbocycles. The third kappa shape index (κ3) is 3.34. The van der Waals surface area contributed by atoms with Crippen LogP contribution in [0.25, 0.3) is 0 Å². The monoisotopic (exact) mass is 244 g/mol. The first-order valence-electron chi connectivity index (χ1n) is 5.68. The predicted octanol–water partition coefficient (Wildman–Crippen LogP) is 3.83. The summed E-state index contributed by atoms with van der Waals surface area (Å²) in [6, 6.07) is 1.65. The fourth-order valence-electron chi connectivity index (χ4n) is 1.64. The average Bonchev–Trinajstić information content (AvgIpc) is 2.29. The molecule has 0 aliphatic heterocycles. The van der Waals surface area contributed by atoms with Crippen molar-refractivity contribution in [2.75, 3.05) is 18.0 Å². The van der Waals surface area contributed by atoms with Gasteiger partial charge in [0.15, 0.2) is 0 Å². The van der Waals surface area contributed by atoms with Crippen LogP contribution in [0, 0.1) is 0 Å². The third-order valence-electron chi connectivity index (χ3n) is 2.32. The molecule has 0 spiro atoms. The van der Waals surface area contributed by atoms with Gasteiger partial charge in [-0.05, 0) is 18.9 Å². The third-order valence-corrected chi connectivity index (χ3v) is 2.60. The Morgan fingerprint density at radius 3 is 2.38 bits per heavy atom. The standard InChI is InChI=1S/C12H18ClFN2/c1-3-5-16(6-4-2)12-11(13)7-10(8-14)9-15-12/h7,9H,3-6,8H2,1-2H3. The Labute approximate surface area is 101 Å². The SMILES string of the molecule is CCCN(CCC)c1ncc(CF)cc1Cl. The summed E-state index contributed by atoms with van der Waals surface area (Å²) in [5, 5.41) is 0.539. The molecule has 0 atom stereocenters. The van der Waals surface area contributed by atoms with E-state index in [1.807, 2.05) is 0 Å². The van der Waals surface area contributed by atoms with Gasteiger partial charge in [-0.2, -0.15) is 0 Å². The van der Waals surface area contributed by atoms with Crippen LogP contribution in [0.5, 0.6) is 0 Å². The van der Waals surface area contributed by atoms with Crippen LogP contribution in [-0.4, -0.2) is 18.1 Å². The number of hydrogen-bond acceptors (Lipinski definition) is 2. The molecule has 0 N–H and O–H groups in total. The molecule has 0 bridgehead atoms. The molecule has 0 fully saturated rings. The molecule has 0 aromatic carbocycles. The van der Waals surface area contributed by atoms with Crippen molar-refractivity contribution in [1.29, 1.82) is 0 Å². The van der Waals surface area contributed by atoms with Crippen molar-refractivity contribution in [2.24, 2.45) is 0 Å². The molecule has 16 heavy (non-hydrogen) atoms. The van der Waals surface area contributed by atoms with Gasteiger partial charge in [-0.3, -0.25) is 0 Å². The second-order valence-electron chi connectivity index (χ2n) is 3.77. The minimum Gasteiger partial charge on any atom is -0.355 e. The molecule has 0 aliphatic rings. The number of rotatable bonds is 6. The van der Waals surface area contributed by atoms with E-state index in [9.17, 15) is 4.39 Å². The summed E-state index contributed by atoms with van der Waals surface area (Å²) in [6.45, 7) is 5.57. The van der Waals surface area contributed by atoms with Crippen LogP contribution in [0.1, 0.15) is 32.3 Å². The molecule has 0 saturated carbocycles. The summed E-state index contributed by atoms with van der Waals surface area (Å²) >= 11 is 6.10. The van der Waals surface area contributed by atoms with E-state index >= 15 is 0 Å². The topological polar surface area (TPSA) is 16.1 Å². The van der Waals surface area contributed by atoms with Crippen molar-refractivity contribution in [2.45, 2.75) is 33.4 Å². The summed E-state index contributed by atoms with van der Waals surface area (Å²) in [7, 11) is 0. The van der Waals surface area contributed by atoms with Crippen LogP contribution in [0.4, 0.5) is 10.2 Å². The van der Waals surface area contributed by atoms with Gasteiger partial charge in [-0.1, -0.05) is 25.4 Å². The minimum absolute atomic E-state index is 0.519. The number of hydrogen-bond donors (Lipinski definition) is 0. The van der Waals surface area contributed by atoms with Gasteiger partial charge in [-0.25, -0.2) is 9.37 Å². The summed E-state index contributed by atoms with van der Waals surface area (Å²) in [4.78, 5) is 6.38. The van der Waals surface area contributed by atoms with Crippen molar-refractivity contribution in [3.05, 3.63) is 22.8 Å². The van der Waals surface area contributed by atoms with Crippen LogP contribution >= 0.6 is 11.6 Å². The lowest BCUT2D eigenvalue weighted by atomic mass is 10.3. The summed E-state index contributed by atoms with van der Waals surface area (Å²) < 4.78 is 12.4. The highest BCUT2D eigenvalue weighted by atomic mass is 35.5. The maximum Gasteiger partial charge on any atom is 0.147 e. The molecule has 0 saturated heterocycles. The largest absolute Gasteiger partial charge is 0.355 e. The van der Waals surface area contributed by atoms with Crippen LogP contribution in [0.3, 0.4) is 0 Å². The zero-order valence-corrected chi connectivity index (χ0v) is 10.6. The lowest BCUT2D eigenvalue weighted by Crippen LogP contribution is -2.26. The van der Waals surface area contributed by atoms with Crippen molar-refractivity contribution in [3.63, 3.8) is 0 Å². The van der Waals surface area contributed by atoms with E-state index in [1.165, 1.54) is 0 Å². The van der Waals surface area contributed by atoms with Gasteiger partial charge in [0, 0.05) is 24.8 Å². The Hall–Kier alpha value is -0.830. The molecule has 0 radical (unpaired) electrons. The van der Waals surface area contributed by atoms with Crippen molar-refractivity contribution in [3.8, 4) is 0 Å². The number of anilines is 1. The maximum atomic E-state index is 12.4. The van der Waals surface area contributed by atoms with Gasteiger partial charge in [0.2, 0.25) is 0 Å². The molecule has 1 aromatic rings. The molecule has 4 heteroatoms. The Bertz CT molecular complexity index is 325. The summed E-state index contributed by atoms with van der Waals surface area (Å²) in [5.41, 5.74) is 0.529. The van der Waals surface area contributed by atoms with Gasteiger partial charge in [0.1, 0.15) is 12.5 Å². The molecule has 90 valence electrons. The van der Waals surface area contributed by atoms with Gasteiger partial charge < -0.3 is 4.90 Å². The molecule has 0 unspecified atom stereocenters. The number of halogens is 2. The van der Waals surface area contributed by atoms with E-state index in [-0.39, 0.29) is 0 Å². The van der Waals surface area contributed by atoms with E-state index in [4.69, 9.17) is 11.6 Å². The summed E-state index contributed by atoms with van der Waals surface area (Å²) in [6.07, 6.45) is 3.64. The molecular weight excluding hydrogens is 227 g/mol. The molecule has 1 rings (SSSR count). The average molecular weight is 245 g/mol. The molecular formula is C12H18ClFN2. The van der Waals surface area contributed by atoms with E-state index < -0.39 is 6.67 Å². The van der Waals surface area contributed by atoms with Crippen molar-refractivity contribution >= 4 is 17.4 Å². The van der Waals surface area contributed by atoms with E-state index in [1.54, 1.807) is 12.3 Å². The minimum atomic E-state index is -0.519. The number of pyridine rings is 1. The lowest BCUT2D eigenvalue weighted by molar-refractivity contribution is 0.484. The Balaban J connectivity index is 2.90. The summed E-state index contributed by atoms with van der Waals surface area (Å²) in [5.74, 6) is 0.766. The van der Waals surface area contributed by atoms with Gasteiger partial charge in [0.25, 0.3) is 0 Å². The zero-order chi connectivity index (χ0) is 12.0. The second-order valence-corrected chi connectivity index (χ2v) is 4.18. The van der Waals surface area contributed by atoms with Crippen LogP contribution in [0.2, 0.25) is 5.02 Å². The van der Waals surface area contributed by atoms with Crippen molar-refractivity contribution < 1.29 is 4.39 Å². The Kier molecular flexibility index (Phi) is 5.53. The first-order chi connectivity index (χ1) is 7.72. The molecule has 0 amide bonds. The number of nitrogens with zero attached hydrogens (tertiary/aromatic N) is 2. The maximum absolute atomic E-state index is 12.4. The normalized spacial score (nSPS) is 10.5. The highest BCUT2D eigenvalue weighted by Crippen LogP contribution is 2.24. The van der Waals surface area contributed by atoms with E-state index in [0.717, 1.165) is 31.7 Å². The lowest BCUT2D eigenvalue weighted by Gasteiger charge is -2.23. The Morgan fingerprint density at radius 2 is 1.94 bits per heavy atom. The van der Waals surface area contributed by atoms with Gasteiger partial charge >= 0.3 is 0 Å². The quantitative estimate of drug-likeness (QED) is 0.756. The zero-order valence-electron chi connectivity index (χ0n) is 9.84. The first kappa shape index (κ1) is 13.2. The molecule has 1 aromatic heterocycles. The van der Waals surface area contributed by atoms with Crippen LogP contribution in [-0.2, 0) is 6.67 Å². The number of alkyl halides is 1. The van der Waals surface area contributed by atoms with E-state index in [2.05, 4.69) is 23.7 Å². The molecule has 1 heterocycles. The second kappa shape index (κ2) is 6.69. The first-order valence-corrected chi connectivity index (χ1v) is 6.06. The van der Waals surface area contributed by atoms with Gasteiger partial charge in [-0.15, -0.1) is 0 Å². The van der Waals surface area contributed by atoms with E-state index in [0.29, 0.717) is 10.6 Å². The fraction of sp³-hybridized carbons (Fsp3) is 0.583. The smallest absolute Gasteiger partial charge is 0.147 e. The highest BCUT2D eigenvalue weighted by Gasteiger charge is 2.10. The van der Waals surface area contributed by atoms with Gasteiger partial charge in [0.05, 0.1) is 5.02 Å². The molecule has 2 nitrogen and oxygen atoms in total.